The van der Waals surface area contributed by atoms with Gasteiger partial charge in [0, 0.05) is 47.2 Å². The molecule has 41 heavy (non-hydrogen) atoms. The van der Waals surface area contributed by atoms with Gasteiger partial charge in [-0.1, -0.05) is 24.3 Å². The summed E-state index contributed by atoms with van der Waals surface area (Å²) in [5.41, 5.74) is -0.245. The van der Waals surface area contributed by atoms with Crippen LogP contribution in [0.25, 0.3) is 22.0 Å². The molecule has 0 saturated heterocycles. The largest absolute Gasteiger partial charge is 0.416 e. The van der Waals surface area contributed by atoms with Crippen molar-refractivity contribution in [3.63, 3.8) is 0 Å². The summed E-state index contributed by atoms with van der Waals surface area (Å²) in [6, 6.07) is 14.1. The minimum absolute atomic E-state index is 0.0574. The molecule has 0 saturated carbocycles. The molecule has 0 fully saturated rings. The maximum absolute atomic E-state index is 15.1. The van der Waals surface area contributed by atoms with Crippen LogP contribution in [0.3, 0.4) is 0 Å². The van der Waals surface area contributed by atoms with Crippen molar-refractivity contribution in [2.75, 3.05) is 5.32 Å². The number of pyridine rings is 1. The number of aromatic nitrogens is 2. The van der Waals surface area contributed by atoms with Crippen LogP contribution in [0, 0.1) is 11.6 Å². The van der Waals surface area contributed by atoms with E-state index >= 15 is 4.39 Å². The summed E-state index contributed by atoms with van der Waals surface area (Å²) in [5, 5.41) is 6.09. The smallest absolute Gasteiger partial charge is 0.361 e. The Morgan fingerprint density at radius 3 is 2.39 bits per heavy atom. The van der Waals surface area contributed by atoms with Crippen LogP contribution in [0.5, 0.6) is 0 Å². The van der Waals surface area contributed by atoms with E-state index in [2.05, 4.69) is 20.6 Å². The fourth-order valence-electron chi connectivity index (χ4n) is 4.42. The van der Waals surface area contributed by atoms with Crippen LogP contribution in [-0.2, 0) is 17.4 Å². The van der Waals surface area contributed by atoms with Crippen molar-refractivity contribution in [2.24, 2.45) is 0 Å². The minimum Gasteiger partial charge on any atom is -0.361 e. The number of alkyl halides is 3. The van der Waals surface area contributed by atoms with Crippen LogP contribution < -0.4 is 10.6 Å². The maximum atomic E-state index is 15.1. The summed E-state index contributed by atoms with van der Waals surface area (Å²) in [6.45, 7) is 0. The number of H-pyrrole nitrogens is 1. The second-order valence-electron chi connectivity index (χ2n) is 9.20. The van der Waals surface area contributed by atoms with Gasteiger partial charge in [-0.2, -0.15) is 13.2 Å². The first kappa shape index (κ1) is 27.5. The number of halogens is 5. The van der Waals surface area contributed by atoms with E-state index in [1.807, 2.05) is 24.3 Å². The number of amides is 2. The van der Waals surface area contributed by atoms with E-state index in [4.69, 9.17) is 0 Å². The van der Waals surface area contributed by atoms with Crippen LogP contribution in [0.4, 0.5) is 27.6 Å². The first-order valence-corrected chi connectivity index (χ1v) is 12.3. The average molecular weight is 565 g/mol. The summed E-state index contributed by atoms with van der Waals surface area (Å²) in [5.74, 6) is -3.59. The molecular formula is C30H21F5N4O2. The number of hydrogen-bond donors (Lipinski definition) is 3. The Hall–Kier alpha value is -5.06. The highest BCUT2D eigenvalue weighted by Gasteiger charge is 2.31. The third-order valence-electron chi connectivity index (χ3n) is 6.49. The first-order chi connectivity index (χ1) is 19.6. The lowest BCUT2D eigenvalue weighted by Crippen LogP contribution is -2.45. The molecule has 0 aliphatic carbocycles. The lowest BCUT2D eigenvalue weighted by Gasteiger charge is -2.19. The SMILES string of the molecule is O=C(N[C@H](Cc1c[nH]c2ccccc12)C(=O)Nc1ccncc1)c1ccc(-c2cc(C(F)(F)F)ccc2F)cc1F. The zero-order valence-electron chi connectivity index (χ0n) is 21.1. The fourth-order valence-corrected chi connectivity index (χ4v) is 4.42. The highest BCUT2D eigenvalue weighted by atomic mass is 19.4. The number of fused-ring (bicyclic) bond motifs is 1. The Morgan fingerprint density at radius 1 is 0.902 bits per heavy atom. The van der Waals surface area contributed by atoms with Crippen LogP contribution >= 0.6 is 0 Å². The van der Waals surface area contributed by atoms with Gasteiger partial charge in [0.2, 0.25) is 5.91 Å². The minimum atomic E-state index is -4.72. The van der Waals surface area contributed by atoms with Crippen LogP contribution in [0.15, 0.2) is 91.4 Å². The lowest BCUT2D eigenvalue weighted by atomic mass is 9.99. The van der Waals surface area contributed by atoms with E-state index in [-0.39, 0.29) is 12.0 Å². The number of carbonyl (C=O) groups is 2. The normalized spacial score (nSPS) is 12.2. The molecule has 1 atom stereocenters. The molecule has 5 aromatic rings. The van der Waals surface area contributed by atoms with Crippen LogP contribution in [0.2, 0.25) is 0 Å². The number of para-hydroxylation sites is 1. The quantitative estimate of drug-likeness (QED) is 0.197. The number of carbonyl (C=O) groups excluding carboxylic acids is 2. The van der Waals surface area contributed by atoms with Gasteiger partial charge in [-0.3, -0.25) is 14.6 Å². The third-order valence-corrected chi connectivity index (χ3v) is 6.49. The predicted octanol–water partition coefficient (Wildman–Crippen LogP) is 6.51. The molecule has 6 nitrogen and oxygen atoms in total. The summed E-state index contributed by atoms with van der Waals surface area (Å²) in [4.78, 5) is 33.4. The second-order valence-corrected chi connectivity index (χ2v) is 9.20. The molecule has 0 bridgehead atoms. The lowest BCUT2D eigenvalue weighted by molar-refractivity contribution is -0.137. The molecule has 11 heteroatoms. The van der Waals surface area contributed by atoms with Crippen LogP contribution in [-0.4, -0.2) is 27.8 Å². The second kappa shape index (κ2) is 11.2. The summed E-state index contributed by atoms with van der Waals surface area (Å²) in [6.07, 6.45) is 0.00185. The van der Waals surface area contributed by atoms with E-state index < -0.39 is 52.4 Å². The molecule has 2 amide bonds. The Labute approximate surface area is 230 Å². The molecule has 3 N–H and O–H groups in total. The third kappa shape index (κ3) is 6.08. The standard InChI is InChI=1S/C30H21F5N4O2/c31-24-8-6-19(30(33,34)35)15-23(24)17-5-7-22(25(32)13-17)28(40)39-27(29(41)38-20-9-11-36-12-10-20)14-18-16-37-26-4-2-1-3-21(18)26/h1-13,15-16,27,37H,14H2,(H,39,40)(H,36,38,41)/t27-/m1/s1. The predicted molar refractivity (Wildman–Crippen MR) is 143 cm³/mol. The number of nitrogens with one attached hydrogen (secondary N) is 3. The van der Waals surface area contributed by atoms with E-state index in [0.29, 0.717) is 23.9 Å². The van der Waals surface area contributed by atoms with E-state index in [1.54, 1.807) is 18.3 Å². The van der Waals surface area contributed by atoms with Gasteiger partial charge in [0.05, 0.1) is 11.1 Å². The van der Waals surface area contributed by atoms with Gasteiger partial charge in [0.1, 0.15) is 17.7 Å². The number of aromatic amines is 1. The van der Waals surface area contributed by atoms with Crippen LogP contribution in [0.1, 0.15) is 21.5 Å². The Morgan fingerprint density at radius 2 is 1.66 bits per heavy atom. The number of hydrogen-bond acceptors (Lipinski definition) is 3. The van der Waals surface area contributed by atoms with Gasteiger partial charge in [-0.25, -0.2) is 8.78 Å². The molecule has 5 rings (SSSR count). The highest BCUT2D eigenvalue weighted by Crippen LogP contribution is 2.34. The summed E-state index contributed by atoms with van der Waals surface area (Å²) in [7, 11) is 0. The monoisotopic (exact) mass is 564 g/mol. The Balaban J connectivity index is 1.42. The molecule has 3 aromatic carbocycles. The average Bonchev–Trinajstić information content (AvgIpc) is 3.35. The number of anilines is 1. The molecule has 208 valence electrons. The van der Waals surface area contributed by atoms with Crippen molar-refractivity contribution in [1.29, 1.82) is 0 Å². The van der Waals surface area contributed by atoms with Crippen molar-refractivity contribution in [2.45, 2.75) is 18.6 Å². The van der Waals surface area contributed by atoms with Gasteiger partial charge in [0.25, 0.3) is 5.91 Å². The summed E-state index contributed by atoms with van der Waals surface area (Å²) < 4.78 is 68.8. The summed E-state index contributed by atoms with van der Waals surface area (Å²) >= 11 is 0. The Kier molecular flexibility index (Phi) is 7.52. The molecule has 0 aliphatic heterocycles. The molecule has 2 heterocycles. The number of nitrogens with zero attached hydrogens (tertiary/aromatic N) is 1. The molecule has 0 spiro atoms. The van der Waals surface area contributed by atoms with Gasteiger partial charge in [-0.15, -0.1) is 0 Å². The first-order valence-electron chi connectivity index (χ1n) is 12.3. The van der Waals surface area contributed by atoms with Gasteiger partial charge < -0.3 is 15.6 Å². The van der Waals surface area contributed by atoms with E-state index in [1.165, 1.54) is 12.4 Å². The van der Waals surface area contributed by atoms with E-state index in [0.717, 1.165) is 34.7 Å². The number of rotatable bonds is 7. The molecule has 2 aromatic heterocycles. The van der Waals surface area contributed by atoms with Crippen molar-refractivity contribution >= 4 is 28.4 Å². The van der Waals surface area contributed by atoms with E-state index in [9.17, 15) is 27.2 Å². The highest BCUT2D eigenvalue weighted by molar-refractivity contribution is 6.02. The molecule has 0 aliphatic rings. The fraction of sp³-hybridized carbons (Fsp3) is 0.100. The maximum Gasteiger partial charge on any atom is 0.416 e. The zero-order chi connectivity index (χ0) is 29.1. The molecule has 0 unspecified atom stereocenters. The number of benzene rings is 3. The molecule has 0 radical (unpaired) electrons. The van der Waals surface area contributed by atoms with Gasteiger partial charge in [-0.05, 0) is 59.7 Å². The Bertz CT molecular complexity index is 1730. The van der Waals surface area contributed by atoms with Crippen molar-refractivity contribution in [3.05, 3.63) is 120 Å². The van der Waals surface area contributed by atoms with Crippen molar-refractivity contribution in [1.82, 2.24) is 15.3 Å². The van der Waals surface area contributed by atoms with Gasteiger partial charge in [0.15, 0.2) is 0 Å². The van der Waals surface area contributed by atoms with Crippen molar-refractivity contribution < 1.29 is 31.5 Å². The zero-order valence-corrected chi connectivity index (χ0v) is 21.1. The van der Waals surface area contributed by atoms with Crippen molar-refractivity contribution in [3.8, 4) is 11.1 Å². The topological polar surface area (TPSA) is 86.9 Å². The molecular weight excluding hydrogens is 543 g/mol. The van der Waals surface area contributed by atoms with Gasteiger partial charge >= 0.3 is 6.18 Å².